The van der Waals surface area contributed by atoms with Crippen molar-refractivity contribution in [1.29, 1.82) is 0 Å². The number of fused-ring (bicyclic) bond motifs is 1. The maximum Gasteiger partial charge on any atom is 0.221 e. The zero-order valence-electron chi connectivity index (χ0n) is 14.1. The van der Waals surface area contributed by atoms with Crippen molar-refractivity contribution in [3.05, 3.63) is 71.8 Å². The van der Waals surface area contributed by atoms with Crippen molar-refractivity contribution in [2.24, 2.45) is 9.98 Å². The van der Waals surface area contributed by atoms with Crippen LogP contribution in [0.5, 0.6) is 0 Å². The first kappa shape index (κ1) is 15.4. The van der Waals surface area contributed by atoms with Crippen molar-refractivity contribution in [2.75, 3.05) is 0 Å². The van der Waals surface area contributed by atoms with E-state index in [1.165, 1.54) is 5.56 Å². The summed E-state index contributed by atoms with van der Waals surface area (Å²) in [4.78, 5) is 9.47. The first-order valence-electron chi connectivity index (χ1n) is 8.44. The molecule has 0 radical (unpaired) electrons. The average Bonchev–Trinajstić information content (AvgIpc) is 2.93. The molecule has 0 N–H and O–H groups in total. The maximum atomic E-state index is 4.74. The molecule has 3 aromatic rings. The van der Waals surface area contributed by atoms with Crippen LogP contribution in [0.15, 0.2) is 70.6 Å². The highest BCUT2D eigenvalue weighted by molar-refractivity contribution is 6.14. The van der Waals surface area contributed by atoms with Crippen molar-refractivity contribution in [1.82, 2.24) is 15.0 Å². The van der Waals surface area contributed by atoms with Gasteiger partial charge in [-0.2, -0.15) is 0 Å². The van der Waals surface area contributed by atoms with E-state index in [1.54, 1.807) is 0 Å². The molecule has 5 heteroatoms. The van der Waals surface area contributed by atoms with E-state index in [0.29, 0.717) is 5.82 Å². The molecule has 1 aliphatic rings. The monoisotopic (exact) mass is 329 g/mol. The van der Waals surface area contributed by atoms with E-state index >= 15 is 0 Å². The van der Waals surface area contributed by atoms with Crippen LogP contribution in [0.2, 0.25) is 0 Å². The summed E-state index contributed by atoms with van der Waals surface area (Å²) in [6.45, 7) is 2.77. The Morgan fingerprint density at radius 2 is 1.64 bits per heavy atom. The largest absolute Gasteiger partial charge is 0.235 e. The van der Waals surface area contributed by atoms with Crippen LogP contribution in [-0.2, 0) is 13.0 Å². The third kappa shape index (κ3) is 3.40. The molecule has 0 saturated heterocycles. The first-order chi connectivity index (χ1) is 12.3. The Morgan fingerprint density at radius 1 is 0.920 bits per heavy atom. The van der Waals surface area contributed by atoms with Gasteiger partial charge in [-0.25, -0.2) is 14.7 Å². The van der Waals surface area contributed by atoms with Crippen LogP contribution in [0.4, 0.5) is 11.6 Å². The number of hydrogen-bond donors (Lipinski definition) is 0. The lowest BCUT2D eigenvalue weighted by Crippen LogP contribution is -2.06. The van der Waals surface area contributed by atoms with Gasteiger partial charge in [-0.05, 0) is 24.5 Å². The number of aryl methyl sites for hydroxylation is 2. The second-order valence-electron chi connectivity index (χ2n) is 6.14. The zero-order chi connectivity index (χ0) is 17.1. The number of benzene rings is 2. The average molecular weight is 329 g/mol. The highest BCUT2D eigenvalue weighted by Crippen LogP contribution is 2.29. The summed E-state index contributed by atoms with van der Waals surface area (Å²) < 4.78 is 1.85. The van der Waals surface area contributed by atoms with Gasteiger partial charge in [0.2, 0.25) is 5.82 Å². The second kappa shape index (κ2) is 6.81. The summed E-state index contributed by atoms with van der Waals surface area (Å²) in [6, 6.07) is 20.6. The van der Waals surface area contributed by atoms with Crippen LogP contribution in [0.25, 0.3) is 0 Å². The molecule has 0 bridgehead atoms. The number of aliphatic imine (C=N–C) groups is 2. The summed E-state index contributed by atoms with van der Waals surface area (Å²) in [5, 5.41) is 8.53. The van der Waals surface area contributed by atoms with Gasteiger partial charge >= 0.3 is 0 Å². The van der Waals surface area contributed by atoms with Gasteiger partial charge < -0.3 is 0 Å². The summed E-state index contributed by atoms with van der Waals surface area (Å²) in [7, 11) is 0. The fourth-order valence-corrected chi connectivity index (χ4v) is 2.94. The Morgan fingerprint density at radius 3 is 2.40 bits per heavy atom. The number of aromatic nitrogens is 3. The van der Waals surface area contributed by atoms with E-state index in [2.05, 4.69) is 46.7 Å². The fourth-order valence-electron chi connectivity index (χ4n) is 2.94. The van der Waals surface area contributed by atoms with Crippen LogP contribution >= 0.6 is 0 Å². The SMILES string of the molecule is CC1=Nc2c(nnn2CCc2ccccc2)N=C(c2ccccc2)C1. The van der Waals surface area contributed by atoms with Crippen molar-refractivity contribution in [3.8, 4) is 0 Å². The number of hydrogen-bond acceptors (Lipinski definition) is 4. The molecule has 0 spiro atoms. The summed E-state index contributed by atoms with van der Waals surface area (Å²) in [6.07, 6.45) is 1.61. The Kier molecular flexibility index (Phi) is 4.21. The van der Waals surface area contributed by atoms with Crippen LogP contribution in [0.3, 0.4) is 0 Å². The Labute approximate surface area is 146 Å². The van der Waals surface area contributed by atoms with Gasteiger partial charge in [-0.1, -0.05) is 65.9 Å². The van der Waals surface area contributed by atoms with Crippen molar-refractivity contribution < 1.29 is 0 Å². The third-order valence-corrected chi connectivity index (χ3v) is 4.21. The van der Waals surface area contributed by atoms with E-state index in [1.807, 2.05) is 35.9 Å². The van der Waals surface area contributed by atoms with Gasteiger partial charge in [0.25, 0.3) is 0 Å². The van der Waals surface area contributed by atoms with Crippen LogP contribution < -0.4 is 0 Å². The standard InChI is InChI=1S/C20H19N5/c1-15-14-18(17-10-6-3-7-11-17)22-19-20(21-15)25(24-23-19)13-12-16-8-4-2-5-9-16/h2-11H,12-14H2,1H3. The second-order valence-corrected chi connectivity index (χ2v) is 6.14. The van der Waals surface area contributed by atoms with Gasteiger partial charge in [0.05, 0.1) is 5.71 Å². The molecule has 1 aromatic heterocycles. The smallest absolute Gasteiger partial charge is 0.221 e. The summed E-state index contributed by atoms with van der Waals surface area (Å²) in [5.74, 6) is 1.35. The molecule has 2 aromatic carbocycles. The van der Waals surface area contributed by atoms with Crippen molar-refractivity contribution in [3.63, 3.8) is 0 Å². The molecule has 5 nitrogen and oxygen atoms in total. The van der Waals surface area contributed by atoms with E-state index < -0.39 is 0 Å². The van der Waals surface area contributed by atoms with Gasteiger partial charge in [0.15, 0.2) is 5.82 Å². The molecule has 2 heterocycles. The quantitative estimate of drug-likeness (QED) is 0.722. The normalized spacial score (nSPS) is 13.6. The Balaban J connectivity index is 1.64. The predicted octanol–water partition coefficient (Wildman–Crippen LogP) is 4.14. The van der Waals surface area contributed by atoms with Gasteiger partial charge in [-0.15, -0.1) is 5.10 Å². The topological polar surface area (TPSA) is 55.4 Å². The molecule has 0 atom stereocenters. The van der Waals surface area contributed by atoms with E-state index in [0.717, 1.165) is 42.2 Å². The molecule has 0 unspecified atom stereocenters. The molecular weight excluding hydrogens is 310 g/mol. The maximum absolute atomic E-state index is 4.74. The number of rotatable bonds is 4. The van der Waals surface area contributed by atoms with Gasteiger partial charge in [0, 0.05) is 18.7 Å². The summed E-state index contributed by atoms with van der Waals surface area (Å²) in [5.41, 5.74) is 4.37. The van der Waals surface area contributed by atoms with Crippen molar-refractivity contribution >= 4 is 23.1 Å². The lowest BCUT2D eigenvalue weighted by Gasteiger charge is -2.04. The predicted molar refractivity (Wildman–Crippen MR) is 100 cm³/mol. The fraction of sp³-hybridized carbons (Fsp3) is 0.200. The molecule has 0 fully saturated rings. The highest BCUT2D eigenvalue weighted by atomic mass is 15.5. The molecule has 0 saturated carbocycles. The lowest BCUT2D eigenvalue weighted by atomic mass is 10.1. The van der Waals surface area contributed by atoms with E-state index in [-0.39, 0.29) is 0 Å². The lowest BCUT2D eigenvalue weighted by molar-refractivity contribution is 0.593. The third-order valence-electron chi connectivity index (χ3n) is 4.21. The molecule has 0 aliphatic carbocycles. The van der Waals surface area contributed by atoms with Gasteiger partial charge in [-0.3, -0.25) is 0 Å². The van der Waals surface area contributed by atoms with Crippen LogP contribution in [0.1, 0.15) is 24.5 Å². The minimum atomic E-state index is 0.601. The minimum Gasteiger partial charge on any atom is -0.235 e. The van der Waals surface area contributed by atoms with Crippen LogP contribution in [0, 0.1) is 0 Å². The number of nitrogens with zero attached hydrogens (tertiary/aromatic N) is 5. The van der Waals surface area contributed by atoms with Crippen LogP contribution in [-0.4, -0.2) is 26.4 Å². The minimum absolute atomic E-state index is 0.601. The van der Waals surface area contributed by atoms with E-state index in [9.17, 15) is 0 Å². The first-order valence-corrected chi connectivity index (χ1v) is 8.44. The Bertz CT molecular complexity index is 923. The molecule has 124 valence electrons. The molecular formula is C20H19N5. The zero-order valence-corrected chi connectivity index (χ0v) is 14.1. The molecule has 0 amide bonds. The molecule has 1 aliphatic heterocycles. The molecule has 25 heavy (non-hydrogen) atoms. The highest BCUT2D eigenvalue weighted by Gasteiger charge is 2.18. The van der Waals surface area contributed by atoms with Crippen molar-refractivity contribution in [2.45, 2.75) is 26.3 Å². The van der Waals surface area contributed by atoms with E-state index in [4.69, 9.17) is 9.98 Å². The summed E-state index contributed by atoms with van der Waals surface area (Å²) >= 11 is 0. The Hall–Kier alpha value is -3.08. The van der Waals surface area contributed by atoms with Gasteiger partial charge in [0.1, 0.15) is 0 Å². The molecule has 4 rings (SSSR count).